The van der Waals surface area contributed by atoms with Crippen LogP contribution in [0.25, 0.3) is 0 Å². The van der Waals surface area contributed by atoms with Crippen LogP contribution in [0.4, 0.5) is 23.2 Å². The molecule has 0 aliphatic rings. The second kappa shape index (κ2) is 6.71. The number of hydrogen-bond acceptors (Lipinski definition) is 4. The third kappa shape index (κ3) is 4.47. The van der Waals surface area contributed by atoms with Gasteiger partial charge in [0.25, 0.3) is 0 Å². The lowest BCUT2D eigenvalue weighted by Gasteiger charge is -2.13. The molecule has 0 aromatic heterocycles. The van der Waals surface area contributed by atoms with Gasteiger partial charge in [-0.25, -0.2) is 4.39 Å². The van der Waals surface area contributed by atoms with Gasteiger partial charge in [-0.3, -0.25) is 4.79 Å². The van der Waals surface area contributed by atoms with Gasteiger partial charge in [-0.05, 0) is 30.3 Å². The van der Waals surface area contributed by atoms with E-state index in [0.717, 1.165) is 0 Å². The first-order valence-electron chi connectivity index (χ1n) is 6.68. The first-order chi connectivity index (χ1) is 11.5. The Morgan fingerprint density at radius 2 is 1.76 bits per heavy atom. The summed E-state index contributed by atoms with van der Waals surface area (Å²) >= 11 is 0. The Hall–Kier alpha value is -2.62. The average Bonchev–Trinajstić information content (AvgIpc) is 2.47. The lowest BCUT2D eigenvalue weighted by Crippen LogP contribution is -2.15. The van der Waals surface area contributed by atoms with Crippen LogP contribution in [0.5, 0.6) is 5.75 Å². The van der Waals surface area contributed by atoms with E-state index < -0.39 is 38.5 Å². The van der Waals surface area contributed by atoms with E-state index >= 15 is 0 Å². The lowest BCUT2D eigenvalue weighted by atomic mass is 10.2. The molecule has 0 aliphatic heterocycles. The number of nitrogens with one attached hydrogen (secondary N) is 1. The van der Waals surface area contributed by atoms with Crippen LogP contribution in [0.1, 0.15) is 12.5 Å². The Morgan fingerprint density at radius 3 is 2.36 bits per heavy atom. The number of carbonyl (C=O) groups excluding carboxylic acids is 1. The fourth-order valence-electron chi connectivity index (χ4n) is 1.88. The Balaban J connectivity index is 2.43. The summed E-state index contributed by atoms with van der Waals surface area (Å²) in [5.41, 5.74) is -1.72. The third-order valence-corrected chi connectivity index (χ3v) is 4.16. The van der Waals surface area contributed by atoms with Crippen LogP contribution in [-0.2, 0) is 21.1 Å². The zero-order chi connectivity index (χ0) is 18.8. The molecule has 0 saturated heterocycles. The number of benzene rings is 2. The molecule has 0 radical (unpaired) electrons. The first-order valence-corrected chi connectivity index (χ1v) is 8.09. The van der Waals surface area contributed by atoms with E-state index in [0.29, 0.717) is 12.1 Å². The normalized spacial score (nSPS) is 11.9. The zero-order valence-electron chi connectivity index (χ0n) is 12.6. The molecule has 2 aromatic rings. The molecule has 0 bridgehead atoms. The molecule has 0 aliphatic carbocycles. The van der Waals surface area contributed by atoms with Crippen molar-refractivity contribution in [3.8, 4) is 5.75 Å². The number of para-hydroxylation sites is 2. The molecular formula is C15H11F4NO4S. The van der Waals surface area contributed by atoms with E-state index in [9.17, 15) is 30.8 Å². The van der Waals surface area contributed by atoms with E-state index in [1.807, 2.05) is 0 Å². The Kier molecular flexibility index (Phi) is 5.02. The summed E-state index contributed by atoms with van der Waals surface area (Å²) in [7, 11) is -4.69. The summed E-state index contributed by atoms with van der Waals surface area (Å²) in [6.07, 6.45) is -5.07. The zero-order valence-corrected chi connectivity index (χ0v) is 13.4. The number of alkyl halides is 3. The van der Waals surface area contributed by atoms with E-state index in [2.05, 4.69) is 5.32 Å². The number of hydrogen-bond donors (Lipinski definition) is 1. The monoisotopic (exact) mass is 377 g/mol. The van der Waals surface area contributed by atoms with Gasteiger partial charge < -0.3 is 9.50 Å². The van der Waals surface area contributed by atoms with E-state index in [1.54, 1.807) is 0 Å². The molecule has 0 spiro atoms. The van der Waals surface area contributed by atoms with Crippen molar-refractivity contribution >= 4 is 21.7 Å². The van der Waals surface area contributed by atoms with Crippen LogP contribution in [0, 0.1) is 5.82 Å². The van der Waals surface area contributed by atoms with Gasteiger partial charge in [0.2, 0.25) is 5.91 Å². The average molecular weight is 377 g/mol. The van der Waals surface area contributed by atoms with Crippen LogP contribution in [-0.4, -0.2) is 14.3 Å². The van der Waals surface area contributed by atoms with Crippen LogP contribution in [0.15, 0.2) is 47.4 Å². The summed E-state index contributed by atoms with van der Waals surface area (Å²) in [5.74, 6) is -2.41. The van der Waals surface area contributed by atoms with Gasteiger partial charge in [-0.1, -0.05) is 12.1 Å². The van der Waals surface area contributed by atoms with Crippen LogP contribution in [0.2, 0.25) is 0 Å². The Morgan fingerprint density at radius 1 is 1.12 bits per heavy atom. The fraction of sp³-hybridized carbons (Fsp3) is 0.133. The van der Waals surface area contributed by atoms with Crippen LogP contribution >= 0.6 is 0 Å². The molecule has 0 heterocycles. The van der Waals surface area contributed by atoms with Crippen molar-refractivity contribution in [1.82, 2.24) is 0 Å². The van der Waals surface area contributed by atoms with Crippen molar-refractivity contribution in [3.63, 3.8) is 0 Å². The highest BCUT2D eigenvalue weighted by Crippen LogP contribution is 2.34. The Bertz CT molecular complexity index is 910. The summed E-state index contributed by atoms with van der Waals surface area (Å²) in [6.45, 7) is 1.18. The standard InChI is InChI=1S/C15H11F4NO4S/c1-9(21)20-13-4-2-3-5-14(13)24-25(22,23)10-6-7-12(16)11(8-10)15(17,18)19/h2-8H,1H3,(H,20,21). The predicted molar refractivity (Wildman–Crippen MR) is 80.0 cm³/mol. The first kappa shape index (κ1) is 18.7. The highest BCUT2D eigenvalue weighted by Gasteiger charge is 2.35. The fourth-order valence-corrected chi connectivity index (χ4v) is 2.85. The molecule has 10 heteroatoms. The molecule has 134 valence electrons. The van der Waals surface area contributed by atoms with Gasteiger partial charge in [-0.15, -0.1) is 0 Å². The van der Waals surface area contributed by atoms with Crippen molar-refractivity contribution < 1.29 is 35.0 Å². The summed E-state index contributed by atoms with van der Waals surface area (Å²) < 4.78 is 80.7. The molecule has 5 nitrogen and oxygen atoms in total. The minimum atomic E-state index is -5.07. The number of carbonyl (C=O) groups is 1. The molecule has 1 amide bonds. The highest BCUT2D eigenvalue weighted by molar-refractivity contribution is 7.87. The Labute approximate surface area is 140 Å². The van der Waals surface area contributed by atoms with Gasteiger partial charge in [0, 0.05) is 6.92 Å². The molecule has 0 atom stereocenters. The topological polar surface area (TPSA) is 72.5 Å². The van der Waals surface area contributed by atoms with E-state index in [1.165, 1.54) is 31.2 Å². The number of amides is 1. The molecule has 1 N–H and O–H groups in total. The highest BCUT2D eigenvalue weighted by atomic mass is 32.2. The van der Waals surface area contributed by atoms with E-state index in [4.69, 9.17) is 4.18 Å². The second-order valence-corrected chi connectivity index (χ2v) is 6.40. The van der Waals surface area contributed by atoms with Crippen molar-refractivity contribution in [2.45, 2.75) is 18.0 Å². The summed E-state index contributed by atoms with van der Waals surface area (Å²) in [6, 6.07) is 6.63. The largest absolute Gasteiger partial charge is 0.419 e. The molecule has 0 unspecified atom stereocenters. The van der Waals surface area contributed by atoms with Crippen molar-refractivity contribution in [3.05, 3.63) is 53.8 Å². The van der Waals surface area contributed by atoms with Gasteiger partial charge in [-0.2, -0.15) is 21.6 Å². The molecule has 0 fully saturated rings. The van der Waals surface area contributed by atoms with Gasteiger partial charge in [0.1, 0.15) is 10.7 Å². The maximum Gasteiger partial charge on any atom is 0.419 e. The SMILES string of the molecule is CC(=O)Nc1ccccc1OS(=O)(=O)c1ccc(F)c(C(F)(F)F)c1. The van der Waals surface area contributed by atoms with E-state index in [-0.39, 0.29) is 17.5 Å². The van der Waals surface area contributed by atoms with Gasteiger partial charge in [0.05, 0.1) is 11.3 Å². The van der Waals surface area contributed by atoms with Gasteiger partial charge in [0.15, 0.2) is 5.75 Å². The second-order valence-electron chi connectivity index (χ2n) is 4.85. The maximum atomic E-state index is 13.3. The molecule has 2 rings (SSSR count). The predicted octanol–water partition coefficient (Wildman–Crippen LogP) is 3.57. The molecular weight excluding hydrogens is 366 g/mol. The molecule has 2 aromatic carbocycles. The number of anilines is 1. The summed E-state index contributed by atoms with van der Waals surface area (Å²) in [5, 5.41) is 2.32. The quantitative estimate of drug-likeness (QED) is 0.653. The molecule has 25 heavy (non-hydrogen) atoms. The smallest absolute Gasteiger partial charge is 0.377 e. The van der Waals surface area contributed by atoms with Crippen molar-refractivity contribution in [2.75, 3.05) is 5.32 Å². The van der Waals surface area contributed by atoms with Crippen LogP contribution < -0.4 is 9.50 Å². The third-order valence-electron chi connectivity index (χ3n) is 2.93. The summed E-state index contributed by atoms with van der Waals surface area (Å²) in [4.78, 5) is 10.2. The van der Waals surface area contributed by atoms with Crippen LogP contribution in [0.3, 0.4) is 0 Å². The minimum absolute atomic E-state index is 0.0109. The molecule has 0 saturated carbocycles. The minimum Gasteiger partial charge on any atom is -0.377 e. The maximum absolute atomic E-state index is 13.3. The van der Waals surface area contributed by atoms with Gasteiger partial charge >= 0.3 is 16.3 Å². The van der Waals surface area contributed by atoms with Crippen molar-refractivity contribution in [1.29, 1.82) is 0 Å². The van der Waals surface area contributed by atoms with Crippen molar-refractivity contribution in [2.24, 2.45) is 0 Å². The number of rotatable bonds is 4. The number of halogens is 4. The lowest BCUT2D eigenvalue weighted by molar-refractivity contribution is -0.140.